The second-order valence-corrected chi connectivity index (χ2v) is 4.16. The van der Waals surface area contributed by atoms with Crippen molar-refractivity contribution in [2.45, 2.75) is 13.5 Å². The van der Waals surface area contributed by atoms with E-state index in [1.54, 1.807) is 6.07 Å². The Kier molecular flexibility index (Phi) is 4.90. The van der Waals surface area contributed by atoms with Gasteiger partial charge in [-0.1, -0.05) is 35.3 Å². The van der Waals surface area contributed by atoms with Gasteiger partial charge in [0.05, 0.1) is 22.0 Å². The first-order chi connectivity index (χ1) is 7.15. The quantitative estimate of drug-likeness (QED) is 0.881. The van der Waals surface area contributed by atoms with Gasteiger partial charge in [-0.25, -0.2) is 0 Å². The first kappa shape index (κ1) is 12.3. The summed E-state index contributed by atoms with van der Waals surface area (Å²) in [4.78, 5) is 0. The molecule has 0 aliphatic rings. The van der Waals surface area contributed by atoms with Crippen LogP contribution in [0.15, 0.2) is 18.2 Å². The standard InChI is InChI=1S/C11H12Cl2N2/c1-8(5-14)6-15-7-9-3-2-4-10(12)11(9)13/h2-4,8,15H,6-7H2,1H3. The predicted molar refractivity (Wildman–Crippen MR) is 62.9 cm³/mol. The van der Waals surface area contributed by atoms with Gasteiger partial charge >= 0.3 is 0 Å². The normalized spacial score (nSPS) is 12.1. The maximum absolute atomic E-state index is 8.59. The van der Waals surface area contributed by atoms with Crippen molar-refractivity contribution >= 4 is 23.2 Å². The third kappa shape index (κ3) is 3.71. The SMILES string of the molecule is CC(C#N)CNCc1cccc(Cl)c1Cl. The van der Waals surface area contributed by atoms with Crippen LogP contribution in [0.5, 0.6) is 0 Å². The summed E-state index contributed by atoms with van der Waals surface area (Å²) in [5.41, 5.74) is 0.953. The second-order valence-electron chi connectivity index (χ2n) is 3.37. The highest BCUT2D eigenvalue weighted by atomic mass is 35.5. The first-order valence-corrected chi connectivity index (χ1v) is 5.44. The summed E-state index contributed by atoms with van der Waals surface area (Å²) in [7, 11) is 0. The molecule has 0 amide bonds. The molecular formula is C11H12Cl2N2. The van der Waals surface area contributed by atoms with Crippen LogP contribution in [-0.4, -0.2) is 6.54 Å². The molecule has 0 saturated carbocycles. The van der Waals surface area contributed by atoms with Gasteiger partial charge in [-0.05, 0) is 18.6 Å². The smallest absolute Gasteiger partial charge is 0.0666 e. The van der Waals surface area contributed by atoms with E-state index in [2.05, 4.69) is 11.4 Å². The van der Waals surface area contributed by atoms with Crippen molar-refractivity contribution in [3.05, 3.63) is 33.8 Å². The number of halogens is 2. The minimum absolute atomic E-state index is 0.00274. The van der Waals surface area contributed by atoms with Crippen LogP contribution in [0.2, 0.25) is 10.0 Å². The van der Waals surface area contributed by atoms with Crippen LogP contribution < -0.4 is 5.32 Å². The molecule has 2 nitrogen and oxygen atoms in total. The average Bonchev–Trinajstić information content (AvgIpc) is 2.24. The van der Waals surface area contributed by atoms with Gasteiger partial charge in [0.15, 0.2) is 0 Å². The number of benzene rings is 1. The molecule has 1 rings (SSSR count). The summed E-state index contributed by atoms with van der Waals surface area (Å²) in [5.74, 6) is 0.00274. The van der Waals surface area contributed by atoms with Crippen molar-refractivity contribution in [2.24, 2.45) is 5.92 Å². The maximum atomic E-state index is 8.59. The topological polar surface area (TPSA) is 35.8 Å². The van der Waals surface area contributed by atoms with E-state index in [0.717, 1.165) is 5.56 Å². The zero-order chi connectivity index (χ0) is 11.3. The molecule has 80 valence electrons. The summed E-state index contributed by atoms with van der Waals surface area (Å²) >= 11 is 11.9. The lowest BCUT2D eigenvalue weighted by Gasteiger charge is -2.08. The molecule has 0 fully saturated rings. The zero-order valence-electron chi connectivity index (χ0n) is 8.43. The molecule has 1 atom stereocenters. The Balaban J connectivity index is 2.52. The lowest BCUT2D eigenvalue weighted by Crippen LogP contribution is -2.19. The van der Waals surface area contributed by atoms with E-state index in [4.69, 9.17) is 28.5 Å². The molecule has 15 heavy (non-hydrogen) atoms. The largest absolute Gasteiger partial charge is 0.311 e. The predicted octanol–water partition coefficient (Wildman–Crippen LogP) is 3.24. The van der Waals surface area contributed by atoms with Gasteiger partial charge in [0, 0.05) is 13.1 Å². The number of rotatable bonds is 4. The lowest BCUT2D eigenvalue weighted by atomic mass is 10.2. The van der Waals surface area contributed by atoms with E-state index >= 15 is 0 Å². The van der Waals surface area contributed by atoms with Crippen molar-refractivity contribution in [1.82, 2.24) is 5.32 Å². The molecule has 1 aromatic rings. The highest BCUT2D eigenvalue weighted by Gasteiger charge is 2.04. The first-order valence-electron chi connectivity index (χ1n) is 4.68. The van der Waals surface area contributed by atoms with Crippen LogP contribution >= 0.6 is 23.2 Å². The average molecular weight is 243 g/mol. The van der Waals surface area contributed by atoms with Gasteiger partial charge in [0.25, 0.3) is 0 Å². The fourth-order valence-corrected chi connectivity index (χ4v) is 1.54. The molecule has 0 saturated heterocycles. The van der Waals surface area contributed by atoms with E-state index in [-0.39, 0.29) is 5.92 Å². The van der Waals surface area contributed by atoms with Gasteiger partial charge in [-0.15, -0.1) is 0 Å². The Hall–Kier alpha value is -0.750. The summed E-state index contributed by atoms with van der Waals surface area (Å²) in [5, 5.41) is 12.9. The molecule has 0 heterocycles. The number of hydrogen-bond acceptors (Lipinski definition) is 2. The van der Waals surface area contributed by atoms with Gasteiger partial charge in [-0.3, -0.25) is 0 Å². The molecule has 0 bridgehead atoms. The van der Waals surface area contributed by atoms with Crippen LogP contribution in [0, 0.1) is 17.2 Å². The van der Waals surface area contributed by atoms with Gasteiger partial charge in [0.2, 0.25) is 0 Å². The maximum Gasteiger partial charge on any atom is 0.0666 e. The van der Waals surface area contributed by atoms with Crippen LogP contribution in [0.3, 0.4) is 0 Å². The highest BCUT2D eigenvalue weighted by Crippen LogP contribution is 2.25. The third-order valence-electron chi connectivity index (χ3n) is 2.02. The number of nitrogens with zero attached hydrogens (tertiary/aromatic N) is 1. The minimum Gasteiger partial charge on any atom is -0.311 e. The van der Waals surface area contributed by atoms with Crippen molar-refractivity contribution in [3.63, 3.8) is 0 Å². The molecule has 1 aromatic carbocycles. The van der Waals surface area contributed by atoms with Crippen LogP contribution in [0.4, 0.5) is 0 Å². The molecule has 4 heteroatoms. The third-order valence-corrected chi connectivity index (χ3v) is 2.88. The zero-order valence-corrected chi connectivity index (χ0v) is 9.94. The van der Waals surface area contributed by atoms with Crippen molar-refractivity contribution in [3.8, 4) is 6.07 Å². The second kappa shape index (κ2) is 5.97. The fraction of sp³-hybridized carbons (Fsp3) is 0.364. The van der Waals surface area contributed by atoms with E-state index in [1.807, 2.05) is 19.1 Å². The number of hydrogen-bond donors (Lipinski definition) is 1. The Bertz CT molecular complexity index is 371. The molecule has 0 spiro atoms. The Morgan fingerprint density at radius 2 is 2.20 bits per heavy atom. The highest BCUT2D eigenvalue weighted by molar-refractivity contribution is 6.42. The monoisotopic (exact) mass is 242 g/mol. The number of nitrogens with one attached hydrogen (secondary N) is 1. The Labute approximate surface area is 99.8 Å². The lowest BCUT2D eigenvalue weighted by molar-refractivity contribution is 0.602. The van der Waals surface area contributed by atoms with Crippen molar-refractivity contribution < 1.29 is 0 Å². The van der Waals surface area contributed by atoms with Crippen LogP contribution in [0.25, 0.3) is 0 Å². The van der Waals surface area contributed by atoms with Crippen LogP contribution in [-0.2, 0) is 6.54 Å². The molecule has 1 N–H and O–H groups in total. The van der Waals surface area contributed by atoms with Gasteiger partial charge < -0.3 is 5.32 Å². The molecule has 0 aliphatic carbocycles. The molecule has 0 aliphatic heterocycles. The van der Waals surface area contributed by atoms with Crippen LogP contribution in [0.1, 0.15) is 12.5 Å². The summed E-state index contributed by atoms with van der Waals surface area (Å²) in [6.07, 6.45) is 0. The summed E-state index contributed by atoms with van der Waals surface area (Å²) < 4.78 is 0. The molecule has 0 radical (unpaired) electrons. The Morgan fingerprint density at radius 1 is 1.47 bits per heavy atom. The van der Waals surface area contributed by atoms with Gasteiger partial charge in [-0.2, -0.15) is 5.26 Å². The fourth-order valence-electron chi connectivity index (χ4n) is 1.15. The number of nitriles is 1. The van der Waals surface area contributed by atoms with E-state index in [1.165, 1.54) is 0 Å². The minimum atomic E-state index is 0.00274. The Morgan fingerprint density at radius 3 is 2.87 bits per heavy atom. The van der Waals surface area contributed by atoms with Crippen molar-refractivity contribution in [2.75, 3.05) is 6.54 Å². The molecule has 0 aromatic heterocycles. The molecular weight excluding hydrogens is 231 g/mol. The van der Waals surface area contributed by atoms with E-state index in [9.17, 15) is 0 Å². The molecule has 1 unspecified atom stereocenters. The van der Waals surface area contributed by atoms with E-state index in [0.29, 0.717) is 23.1 Å². The van der Waals surface area contributed by atoms with Gasteiger partial charge in [0.1, 0.15) is 0 Å². The van der Waals surface area contributed by atoms with Crippen molar-refractivity contribution in [1.29, 1.82) is 5.26 Å². The summed E-state index contributed by atoms with van der Waals surface area (Å²) in [6.45, 7) is 3.15. The van der Waals surface area contributed by atoms with E-state index < -0.39 is 0 Å². The summed E-state index contributed by atoms with van der Waals surface area (Å²) in [6, 6.07) is 7.69.